The molecule has 1 aliphatic heterocycles. The summed E-state index contributed by atoms with van der Waals surface area (Å²) in [5, 5.41) is 2.17. The van der Waals surface area contributed by atoms with Crippen LogP contribution in [0.25, 0.3) is 6.08 Å². The molecule has 0 aromatic heterocycles. The molecule has 0 spiro atoms. The topological polar surface area (TPSA) is 84.9 Å². The Morgan fingerprint density at radius 2 is 1.62 bits per heavy atom. The number of nitrogens with one attached hydrogen (secondary N) is 1. The smallest absolute Gasteiger partial charge is 0.294 e. The molecule has 0 saturated carbocycles. The molecule has 3 aromatic rings. The Hall–Kier alpha value is -4.04. The normalized spacial score (nSPS) is 14.4. The third-order valence-electron chi connectivity index (χ3n) is 5.00. The molecule has 1 N–H and O–H groups in total. The molecule has 1 heterocycles. The van der Waals surface area contributed by atoms with E-state index in [-0.39, 0.29) is 4.91 Å². The maximum Gasteiger partial charge on any atom is 0.294 e. The second-order valence-corrected chi connectivity index (χ2v) is 8.32. The van der Waals surface area contributed by atoms with Crippen molar-refractivity contribution in [2.24, 2.45) is 0 Å². The molecule has 34 heavy (non-hydrogen) atoms. The number of hydrogen-bond acceptors (Lipinski definition) is 6. The van der Waals surface area contributed by atoms with E-state index in [0.717, 1.165) is 22.2 Å². The van der Waals surface area contributed by atoms with Crippen molar-refractivity contribution in [3.63, 3.8) is 0 Å². The SMILES string of the molecule is COc1ccccc1NC(=O)CN1C(=O)S/C(=C/c2ccccc2OCc2ccccc2)C1=O. The van der Waals surface area contributed by atoms with Gasteiger partial charge in [0, 0.05) is 5.56 Å². The number of hydrogen-bond donors (Lipinski definition) is 1. The predicted octanol–water partition coefficient (Wildman–Crippen LogP) is 4.95. The van der Waals surface area contributed by atoms with Gasteiger partial charge in [-0.25, -0.2) is 0 Å². The Morgan fingerprint density at radius 3 is 2.38 bits per heavy atom. The summed E-state index contributed by atoms with van der Waals surface area (Å²) in [5.74, 6) is 0.0479. The van der Waals surface area contributed by atoms with Crippen LogP contribution in [0.3, 0.4) is 0 Å². The molecule has 8 heteroatoms. The summed E-state index contributed by atoms with van der Waals surface area (Å²) >= 11 is 0.794. The Labute approximate surface area is 201 Å². The second kappa shape index (κ2) is 10.7. The van der Waals surface area contributed by atoms with Gasteiger partial charge in [0.25, 0.3) is 11.1 Å². The molecule has 0 radical (unpaired) electrons. The van der Waals surface area contributed by atoms with E-state index in [2.05, 4.69) is 5.32 Å². The predicted molar refractivity (Wildman–Crippen MR) is 132 cm³/mol. The lowest BCUT2D eigenvalue weighted by atomic mass is 10.1. The zero-order chi connectivity index (χ0) is 23.9. The monoisotopic (exact) mass is 474 g/mol. The molecule has 0 bridgehead atoms. The maximum atomic E-state index is 12.9. The number of carbonyl (C=O) groups excluding carboxylic acids is 3. The number of amides is 3. The van der Waals surface area contributed by atoms with Crippen LogP contribution in [0.2, 0.25) is 0 Å². The quantitative estimate of drug-likeness (QED) is 0.465. The molecule has 7 nitrogen and oxygen atoms in total. The largest absolute Gasteiger partial charge is 0.495 e. The Balaban J connectivity index is 1.45. The minimum absolute atomic E-state index is 0.228. The molecule has 1 saturated heterocycles. The minimum Gasteiger partial charge on any atom is -0.495 e. The van der Waals surface area contributed by atoms with E-state index in [1.54, 1.807) is 36.4 Å². The third kappa shape index (κ3) is 5.47. The van der Waals surface area contributed by atoms with Gasteiger partial charge >= 0.3 is 0 Å². The van der Waals surface area contributed by atoms with E-state index >= 15 is 0 Å². The van der Waals surface area contributed by atoms with Crippen molar-refractivity contribution in [1.29, 1.82) is 0 Å². The number of carbonyl (C=O) groups is 3. The van der Waals surface area contributed by atoms with Gasteiger partial charge in [0.2, 0.25) is 5.91 Å². The van der Waals surface area contributed by atoms with E-state index in [0.29, 0.717) is 29.4 Å². The number of para-hydroxylation sites is 3. The highest BCUT2D eigenvalue weighted by Crippen LogP contribution is 2.34. The fourth-order valence-electron chi connectivity index (χ4n) is 3.33. The average Bonchev–Trinajstić information content (AvgIpc) is 3.11. The van der Waals surface area contributed by atoms with Crippen LogP contribution in [0.5, 0.6) is 11.5 Å². The fraction of sp³-hybridized carbons (Fsp3) is 0.115. The highest BCUT2D eigenvalue weighted by molar-refractivity contribution is 8.18. The van der Waals surface area contributed by atoms with Gasteiger partial charge in [-0.2, -0.15) is 0 Å². The van der Waals surface area contributed by atoms with E-state index in [4.69, 9.17) is 9.47 Å². The number of ether oxygens (including phenoxy) is 2. The highest BCUT2D eigenvalue weighted by Gasteiger charge is 2.36. The summed E-state index contributed by atoms with van der Waals surface area (Å²) in [4.78, 5) is 39.0. The van der Waals surface area contributed by atoms with Gasteiger partial charge in [-0.3, -0.25) is 19.3 Å². The Kier molecular flexibility index (Phi) is 7.29. The molecule has 0 unspecified atom stereocenters. The molecular weight excluding hydrogens is 452 g/mol. The number of imide groups is 1. The summed E-state index contributed by atoms with van der Waals surface area (Å²) in [5.41, 5.74) is 2.14. The first-order valence-electron chi connectivity index (χ1n) is 10.5. The molecule has 3 aromatic carbocycles. The molecule has 0 aliphatic carbocycles. The minimum atomic E-state index is -0.525. The number of thioether (sulfide) groups is 1. The number of nitrogens with zero attached hydrogens (tertiary/aromatic N) is 1. The Morgan fingerprint density at radius 1 is 0.941 bits per heavy atom. The van der Waals surface area contributed by atoms with Crippen molar-refractivity contribution in [1.82, 2.24) is 4.90 Å². The molecule has 3 amide bonds. The highest BCUT2D eigenvalue weighted by atomic mass is 32.2. The van der Waals surface area contributed by atoms with Gasteiger partial charge in [-0.1, -0.05) is 60.7 Å². The first kappa shape index (κ1) is 23.1. The van der Waals surface area contributed by atoms with Crippen molar-refractivity contribution >= 4 is 40.6 Å². The molecule has 1 fully saturated rings. The number of anilines is 1. The van der Waals surface area contributed by atoms with Gasteiger partial charge in [0.15, 0.2) is 0 Å². The van der Waals surface area contributed by atoms with E-state index in [1.165, 1.54) is 7.11 Å². The van der Waals surface area contributed by atoms with Crippen LogP contribution in [0.15, 0.2) is 83.8 Å². The van der Waals surface area contributed by atoms with Crippen LogP contribution >= 0.6 is 11.8 Å². The lowest BCUT2D eigenvalue weighted by Gasteiger charge is -2.14. The molecule has 4 rings (SSSR count). The number of rotatable bonds is 8. The van der Waals surface area contributed by atoms with E-state index in [1.807, 2.05) is 48.5 Å². The van der Waals surface area contributed by atoms with Gasteiger partial charge in [-0.05, 0) is 41.6 Å². The van der Waals surface area contributed by atoms with E-state index in [9.17, 15) is 14.4 Å². The molecule has 1 aliphatic rings. The third-order valence-corrected chi connectivity index (χ3v) is 5.91. The van der Waals surface area contributed by atoms with Crippen molar-refractivity contribution in [3.05, 3.63) is 94.9 Å². The second-order valence-electron chi connectivity index (χ2n) is 7.33. The van der Waals surface area contributed by atoms with Gasteiger partial charge < -0.3 is 14.8 Å². The van der Waals surface area contributed by atoms with Crippen LogP contribution < -0.4 is 14.8 Å². The fourth-order valence-corrected chi connectivity index (χ4v) is 4.15. The molecule has 0 atom stereocenters. The Bertz CT molecular complexity index is 1240. The van der Waals surface area contributed by atoms with Gasteiger partial charge in [0.05, 0.1) is 17.7 Å². The maximum absolute atomic E-state index is 12.9. The first-order valence-corrected chi connectivity index (χ1v) is 11.3. The van der Waals surface area contributed by atoms with Gasteiger partial charge in [-0.15, -0.1) is 0 Å². The van der Waals surface area contributed by atoms with Crippen LogP contribution in [-0.4, -0.2) is 35.6 Å². The van der Waals surface area contributed by atoms with Crippen LogP contribution in [0.1, 0.15) is 11.1 Å². The van der Waals surface area contributed by atoms with Crippen molar-refractivity contribution in [3.8, 4) is 11.5 Å². The van der Waals surface area contributed by atoms with Gasteiger partial charge in [0.1, 0.15) is 24.7 Å². The van der Waals surface area contributed by atoms with E-state index < -0.39 is 23.6 Å². The summed E-state index contributed by atoms with van der Waals surface area (Å²) in [6, 6.07) is 23.9. The zero-order valence-corrected chi connectivity index (χ0v) is 19.2. The summed E-state index contributed by atoms with van der Waals surface area (Å²) < 4.78 is 11.1. The lowest BCUT2D eigenvalue weighted by Crippen LogP contribution is -2.36. The van der Waals surface area contributed by atoms with Crippen molar-refractivity contribution in [2.45, 2.75) is 6.61 Å². The molecular formula is C26H22N2O5S. The zero-order valence-electron chi connectivity index (χ0n) is 18.4. The summed E-state index contributed by atoms with van der Waals surface area (Å²) in [6.07, 6.45) is 1.61. The van der Waals surface area contributed by atoms with Crippen LogP contribution in [-0.2, 0) is 16.2 Å². The van der Waals surface area contributed by atoms with Crippen molar-refractivity contribution < 1.29 is 23.9 Å². The average molecular weight is 475 g/mol. The summed E-state index contributed by atoms with van der Waals surface area (Å²) in [7, 11) is 1.49. The lowest BCUT2D eigenvalue weighted by molar-refractivity contribution is -0.127. The number of methoxy groups -OCH3 is 1. The standard InChI is InChI=1S/C26H22N2O5S/c1-32-22-14-8-6-12-20(22)27-24(29)16-28-25(30)23(34-26(28)31)15-19-11-5-7-13-21(19)33-17-18-9-3-2-4-10-18/h2-15H,16-17H2,1H3,(H,27,29)/b23-15+. The number of benzene rings is 3. The van der Waals surface area contributed by atoms with Crippen LogP contribution in [0, 0.1) is 0 Å². The van der Waals surface area contributed by atoms with Crippen molar-refractivity contribution in [2.75, 3.05) is 19.0 Å². The summed E-state index contributed by atoms with van der Waals surface area (Å²) in [6.45, 7) is -0.0253. The molecule has 172 valence electrons. The first-order chi connectivity index (χ1) is 16.5. The van der Waals surface area contributed by atoms with Crippen LogP contribution in [0.4, 0.5) is 10.5 Å².